The van der Waals surface area contributed by atoms with E-state index >= 15 is 0 Å². The summed E-state index contributed by atoms with van der Waals surface area (Å²) in [5.41, 5.74) is 1.58. The van der Waals surface area contributed by atoms with Crippen molar-refractivity contribution in [2.45, 2.75) is 33.8 Å². The van der Waals surface area contributed by atoms with Gasteiger partial charge in [-0.05, 0) is 26.8 Å². The summed E-state index contributed by atoms with van der Waals surface area (Å²) in [6.07, 6.45) is 3.99. The van der Waals surface area contributed by atoms with Crippen LogP contribution in [0.25, 0.3) is 0 Å². The van der Waals surface area contributed by atoms with Crippen LogP contribution in [0, 0.1) is 0 Å². The molecule has 0 amide bonds. The predicted molar refractivity (Wildman–Crippen MR) is 75.3 cm³/mol. The summed E-state index contributed by atoms with van der Waals surface area (Å²) < 4.78 is 24.6. The Hall–Kier alpha value is -0.460. The van der Waals surface area contributed by atoms with E-state index < -0.39 is 7.60 Å². The highest BCUT2D eigenvalue weighted by molar-refractivity contribution is 7.53. The molecule has 0 saturated carbocycles. The van der Waals surface area contributed by atoms with Gasteiger partial charge in [0.15, 0.2) is 12.4 Å². The number of halogens is 1. The largest absolute Gasteiger partial charge is 1.00 e. The minimum Gasteiger partial charge on any atom is -1.00 e. The number of hydrogen-bond acceptors (Lipinski definition) is 4. The maximum atomic E-state index is 12.2. The van der Waals surface area contributed by atoms with Gasteiger partial charge in [0.05, 0.1) is 23.5 Å². The van der Waals surface area contributed by atoms with Gasteiger partial charge in [0.1, 0.15) is 7.05 Å². The van der Waals surface area contributed by atoms with Gasteiger partial charge in [-0.25, -0.2) is 9.13 Å². The SMILES string of the molecule is CCP(=O)(O/N=C(\C)c1ccc[n+](C)c1)OC(C)C.[I-]. The number of hydrogen-bond donors (Lipinski definition) is 0. The second kappa shape index (κ2) is 8.74. The van der Waals surface area contributed by atoms with E-state index in [-0.39, 0.29) is 30.1 Å². The average Bonchev–Trinajstić information content (AvgIpc) is 2.35. The van der Waals surface area contributed by atoms with Gasteiger partial charge in [-0.15, -0.1) is 0 Å². The molecule has 1 heterocycles. The Morgan fingerprint density at radius 2 is 2.15 bits per heavy atom. The monoisotopic (exact) mass is 412 g/mol. The molecular formula is C13H22IN2O3P. The normalized spacial score (nSPS) is 14.6. The summed E-state index contributed by atoms with van der Waals surface area (Å²) in [6, 6.07) is 3.83. The molecule has 0 aliphatic rings. The molecule has 0 fully saturated rings. The smallest absolute Gasteiger partial charge is 0.400 e. The van der Waals surface area contributed by atoms with Crippen LogP contribution in [0.15, 0.2) is 29.7 Å². The first kappa shape index (κ1) is 19.5. The van der Waals surface area contributed by atoms with Crippen molar-refractivity contribution < 1.29 is 42.3 Å². The van der Waals surface area contributed by atoms with Crippen LogP contribution in [-0.2, 0) is 20.8 Å². The van der Waals surface area contributed by atoms with E-state index in [1.165, 1.54) is 0 Å². The van der Waals surface area contributed by atoms with Crippen LogP contribution in [0.5, 0.6) is 0 Å². The van der Waals surface area contributed by atoms with Crippen LogP contribution in [0.3, 0.4) is 0 Å². The molecule has 7 heteroatoms. The Morgan fingerprint density at radius 3 is 2.65 bits per heavy atom. The van der Waals surface area contributed by atoms with E-state index in [0.29, 0.717) is 11.9 Å². The zero-order valence-electron chi connectivity index (χ0n) is 12.5. The first-order valence-electron chi connectivity index (χ1n) is 6.33. The van der Waals surface area contributed by atoms with E-state index in [0.717, 1.165) is 5.56 Å². The lowest BCUT2D eigenvalue weighted by molar-refractivity contribution is -0.671. The highest BCUT2D eigenvalue weighted by Gasteiger charge is 2.25. The average molecular weight is 412 g/mol. The van der Waals surface area contributed by atoms with Gasteiger partial charge >= 0.3 is 7.60 Å². The molecule has 0 aliphatic heterocycles. The summed E-state index contributed by atoms with van der Waals surface area (Å²) in [5, 5.41) is 3.95. The van der Waals surface area contributed by atoms with E-state index in [9.17, 15) is 4.57 Å². The van der Waals surface area contributed by atoms with Gasteiger partial charge < -0.3 is 28.6 Å². The maximum absolute atomic E-state index is 12.2. The molecule has 0 N–H and O–H groups in total. The third kappa shape index (κ3) is 6.33. The van der Waals surface area contributed by atoms with Crippen molar-refractivity contribution in [3.8, 4) is 0 Å². The minimum absolute atomic E-state index is 0. The highest BCUT2D eigenvalue weighted by Crippen LogP contribution is 2.49. The van der Waals surface area contributed by atoms with Gasteiger partial charge in [0, 0.05) is 6.07 Å². The van der Waals surface area contributed by atoms with Crippen molar-refractivity contribution >= 4 is 13.3 Å². The summed E-state index contributed by atoms with van der Waals surface area (Å²) >= 11 is 0. The standard InChI is InChI=1S/C13H22N2O3P.HI/c1-6-19(16,17-11(2)3)18-14-12(4)13-8-7-9-15(5)10-13;/h7-11H,6H2,1-5H3;1H/q+1;/p-1/b14-12+;. The molecule has 0 saturated heterocycles. The Bertz CT molecular complexity index is 506. The first-order valence-corrected chi connectivity index (χ1v) is 8.05. The number of oxime groups is 1. The highest BCUT2D eigenvalue weighted by atomic mass is 127. The van der Waals surface area contributed by atoms with Crippen molar-refractivity contribution in [3.05, 3.63) is 30.1 Å². The lowest BCUT2D eigenvalue weighted by Crippen LogP contribution is -3.00. The molecule has 0 aliphatic carbocycles. The number of rotatable bonds is 6. The second-order valence-electron chi connectivity index (χ2n) is 4.60. The summed E-state index contributed by atoms with van der Waals surface area (Å²) in [7, 11) is -1.21. The van der Waals surface area contributed by atoms with Crippen LogP contribution in [0.1, 0.15) is 33.3 Å². The fraction of sp³-hybridized carbons (Fsp3) is 0.538. The summed E-state index contributed by atoms with van der Waals surface area (Å²) in [5.74, 6) is 0. The predicted octanol–water partition coefficient (Wildman–Crippen LogP) is -0.106. The number of nitrogens with zero attached hydrogens (tertiary/aromatic N) is 2. The number of aryl methyl sites for hydroxylation is 1. The third-order valence-electron chi connectivity index (χ3n) is 2.42. The van der Waals surface area contributed by atoms with Crippen molar-refractivity contribution in [2.24, 2.45) is 12.2 Å². The molecule has 0 aromatic carbocycles. The van der Waals surface area contributed by atoms with Gasteiger partial charge in [-0.3, -0.25) is 4.52 Å². The van der Waals surface area contributed by atoms with E-state index in [2.05, 4.69) is 5.16 Å². The molecule has 1 aromatic heterocycles. The molecule has 20 heavy (non-hydrogen) atoms. The Balaban J connectivity index is 0.00000361. The van der Waals surface area contributed by atoms with Crippen LogP contribution in [-0.4, -0.2) is 18.0 Å². The number of pyridine rings is 1. The lowest BCUT2D eigenvalue weighted by atomic mass is 10.2. The quantitative estimate of drug-likeness (QED) is 0.216. The van der Waals surface area contributed by atoms with Crippen molar-refractivity contribution in [3.63, 3.8) is 0 Å². The minimum atomic E-state index is -3.14. The molecule has 5 nitrogen and oxygen atoms in total. The van der Waals surface area contributed by atoms with Crippen LogP contribution in [0.4, 0.5) is 0 Å². The van der Waals surface area contributed by atoms with Gasteiger partial charge in [-0.1, -0.05) is 12.1 Å². The number of aromatic nitrogens is 1. The zero-order chi connectivity index (χ0) is 14.5. The van der Waals surface area contributed by atoms with E-state index in [1.54, 1.807) is 6.92 Å². The van der Waals surface area contributed by atoms with Crippen LogP contribution >= 0.6 is 7.60 Å². The lowest BCUT2D eigenvalue weighted by Gasteiger charge is -2.16. The van der Waals surface area contributed by atoms with Crippen LogP contribution < -0.4 is 28.5 Å². The molecular weight excluding hydrogens is 390 g/mol. The van der Waals surface area contributed by atoms with Crippen molar-refractivity contribution in [1.29, 1.82) is 0 Å². The summed E-state index contributed by atoms with van der Waals surface area (Å²) in [6.45, 7) is 7.21. The van der Waals surface area contributed by atoms with Gasteiger partial charge in [0.2, 0.25) is 0 Å². The van der Waals surface area contributed by atoms with Crippen molar-refractivity contribution in [1.82, 2.24) is 0 Å². The van der Waals surface area contributed by atoms with Crippen LogP contribution in [0.2, 0.25) is 0 Å². The fourth-order valence-electron chi connectivity index (χ4n) is 1.45. The topological polar surface area (TPSA) is 51.8 Å². The Labute approximate surface area is 137 Å². The van der Waals surface area contributed by atoms with E-state index in [1.807, 2.05) is 56.9 Å². The molecule has 0 bridgehead atoms. The first-order chi connectivity index (χ1) is 8.86. The molecule has 0 spiro atoms. The van der Waals surface area contributed by atoms with Crippen molar-refractivity contribution in [2.75, 3.05) is 6.16 Å². The third-order valence-corrected chi connectivity index (χ3v) is 4.27. The second-order valence-corrected chi connectivity index (χ2v) is 6.83. The van der Waals surface area contributed by atoms with Gasteiger partial charge in [0.25, 0.3) is 0 Å². The fourth-order valence-corrected chi connectivity index (χ4v) is 2.64. The zero-order valence-corrected chi connectivity index (χ0v) is 15.6. The Morgan fingerprint density at radius 1 is 1.50 bits per heavy atom. The molecule has 1 unspecified atom stereocenters. The van der Waals surface area contributed by atoms with Gasteiger partial charge in [-0.2, -0.15) is 0 Å². The summed E-state index contributed by atoms with van der Waals surface area (Å²) in [4.78, 5) is 0. The maximum Gasteiger partial charge on any atom is 0.400 e. The molecule has 1 aromatic rings. The van der Waals surface area contributed by atoms with E-state index in [4.69, 9.17) is 9.15 Å². The molecule has 114 valence electrons. The molecule has 1 rings (SSSR count). The molecule has 1 atom stereocenters. The molecule has 0 radical (unpaired) electrons. The Kier molecular flexibility index (Phi) is 8.54.